The van der Waals surface area contributed by atoms with E-state index in [2.05, 4.69) is 19.8 Å². The summed E-state index contributed by atoms with van der Waals surface area (Å²) in [7, 11) is 1.30. The van der Waals surface area contributed by atoms with Crippen LogP contribution in [-0.2, 0) is 4.74 Å². The average Bonchev–Trinajstić information content (AvgIpc) is 2.75. The van der Waals surface area contributed by atoms with Crippen molar-refractivity contribution >= 4 is 11.9 Å². The first kappa shape index (κ1) is 10.1. The lowest BCUT2D eigenvalue weighted by molar-refractivity contribution is 0.0594. The van der Waals surface area contributed by atoms with Gasteiger partial charge in [-0.25, -0.2) is 19.4 Å². The fourth-order valence-electron chi connectivity index (χ4n) is 1.18. The first-order chi connectivity index (χ1) is 7.70. The first-order valence-corrected chi connectivity index (χ1v) is 4.42. The highest BCUT2D eigenvalue weighted by molar-refractivity contribution is 5.87. The maximum absolute atomic E-state index is 11.2. The molecule has 0 aromatic carbocycles. The number of nitrogens with zero attached hydrogens (tertiary/aromatic N) is 4. The predicted molar refractivity (Wildman–Crippen MR) is 54.9 cm³/mol. The van der Waals surface area contributed by atoms with E-state index >= 15 is 0 Å². The van der Waals surface area contributed by atoms with Gasteiger partial charge in [-0.2, -0.15) is 0 Å². The number of aromatic nitrogens is 4. The van der Waals surface area contributed by atoms with Crippen molar-refractivity contribution in [3.05, 3.63) is 30.4 Å². The summed E-state index contributed by atoms with van der Waals surface area (Å²) >= 11 is 0. The third-order valence-electron chi connectivity index (χ3n) is 1.91. The van der Waals surface area contributed by atoms with Crippen molar-refractivity contribution in [3.63, 3.8) is 0 Å². The quantitative estimate of drug-likeness (QED) is 0.716. The van der Waals surface area contributed by atoms with Crippen LogP contribution in [-0.4, -0.2) is 32.8 Å². The lowest BCUT2D eigenvalue weighted by atomic mass is 10.3. The highest BCUT2D eigenvalue weighted by atomic mass is 16.5. The molecule has 0 fully saturated rings. The minimum Gasteiger partial charge on any atom is -0.464 e. The van der Waals surface area contributed by atoms with E-state index in [0.717, 1.165) is 0 Å². The normalized spacial score (nSPS) is 10.1. The molecule has 0 amide bonds. The SMILES string of the molecule is COC(=O)c1cc(-n2cnc(N)n2)ccn1. The van der Waals surface area contributed by atoms with E-state index in [9.17, 15) is 4.79 Å². The number of nitrogens with two attached hydrogens (primary N) is 1. The lowest BCUT2D eigenvalue weighted by Gasteiger charge is -2.02. The number of anilines is 1. The van der Waals surface area contributed by atoms with Crippen LogP contribution in [0.1, 0.15) is 10.5 Å². The van der Waals surface area contributed by atoms with E-state index in [0.29, 0.717) is 5.69 Å². The maximum atomic E-state index is 11.2. The van der Waals surface area contributed by atoms with Gasteiger partial charge in [0.2, 0.25) is 5.95 Å². The number of pyridine rings is 1. The zero-order chi connectivity index (χ0) is 11.5. The van der Waals surface area contributed by atoms with Crippen molar-refractivity contribution in [1.29, 1.82) is 0 Å². The van der Waals surface area contributed by atoms with Gasteiger partial charge in [0.25, 0.3) is 0 Å². The molecule has 0 saturated carbocycles. The number of hydrogen-bond acceptors (Lipinski definition) is 6. The Morgan fingerprint density at radius 2 is 2.31 bits per heavy atom. The Kier molecular flexibility index (Phi) is 2.50. The van der Waals surface area contributed by atoms with Crippen LogP contribution in [0.15, 0.2) is 24.7 Å². The second kappa shape index (κ2) is 3.97. The van der Waals surface area contributed by atoms with Gasteiger partial charge in [0.1, 0.15) is 12.0 Å². The van der Waals surface area contributed by atoms with E-state index in [4.69, 9.17) is 5.73 Å². The van der Waals surface area contributed by atoms with Gasteiger partial charge in [0.05, 0.1) is 12.8 Å². The molecule has 7 nitrogen and oxygen atoms in total. The van der Waals surface area contributed by atoms with Crippen molar-refractivity contribution < 1.29 is 9.53 Å². The summed E-state index contributed by atoms with van der Waals surface area (Å²) in [5.41, 5.74) is 6.23. The summed E-state index contributed by atoms with van der Waals surface area (Å²) in [6, 6.07) is 3.22. The minimum atomic E-state index is -0.505. The van der Waals surface area contributed by atoms with Gasteiger partial charge in [-0.05, 0) is 12.1 Å². The molecule has 2 aromatic rings. The summed E-state index contributed by atoms with van der Waals surface area (Å²) in [5, 5.41) is 3.91. The number of hydrogen-bond donors (Lipinski definition) is 1. The predicted octanol–water partition coefficient (Wildman–Crippen LogP) is 0.0311. The number of ether oxygens (including phenoxy) is 1. The summed E-state index contributed by atoms with van der Waals surface area (Å²) in [4.78, 5) is 18.9. The summed E-state index contributed by atoms with van der Waals surface area (Å²) in [6.07, 6.45) is 2.94. The second-order valence-electron chi connectivity index (χ2n) is 2.94. The van der Waals surface area contributed by atoms with E-state index in [1.54, 1.807) is 12.1 Å². The monoisotopic (exact) mass is 219 g/mol. The zero-order valence-electron chi connectivity index (χ0n) is 8.49. The van der Waals surface area contributed by atoms with Crippen LogP contribution >= 0.6 is 0 Å². The Morgan fingerprint density at radius 3 is 2.94 bits per heavy atom. The molecule has 2 N–H and O–H groups in total. The molecule has 82 valence electrons. The topological polar surface area (TPSA) is 95.9 Å². The summed E-state index contributed by atoms with van der Waals surface area (Å²) < 4.78 is 6.01. The van der Waals surface area contributed by atoms with Crippen molar-refractivity contribution in [2.75, 3.05) is 12.8 Å². The third kappa shape index (κ3) is 1.83. The van der Waals surface area contributed by atoms with E-state index in [1.165, 1.54) is 24.3 Å². The number of esters is 1. The average molecular weight is 219 g/mol. The fraction of sp³-hybridized carbons (Fsp3) is 0.111. The molecule has 0 atom stereocenters. The van der Waals surface area contributed by atoms with Gasteiger partial charge >= 0.3 is 5.97 Å². The summed E-state index contributed by atoms with van der Waals surface area (Å²) in [5.74, 6) is -0.341. The van der Waals surface area contributed by atoms with Gasteiger partial charge < -0.3 is 10.5 Å². The number of carbonyl (C=O) groups excluding carboxylic acids is 1. The van der Waals surface area contributed by atoms with Crippen molar-refractivity contribution in [3.8, 4) is 5.69 Å². The Bertz CT molecular complexity index is 522. The number of methoxy groups -OCH3 is 1. The van der Waals surface area contributed by atoms with Crippen LogP contribution in [0.25, 0.3) is 5.69 Å². The lowest BCUT2D eigenvalue weighted by Crippen LogP contribution is -2.06. The Morgan fingerprint density at radius 1 is 1.50 bits per heavy atom. The summed E-state index contributed by atoms with van der Waals surface area (Å²) in [6.45, 7) is 0. The van der Waals surface area contributed by atoms with Crippen LogP contribution in [0.3, 0.4) is 0 Å². The molecule has 2 aromatic heterocycles. The van der Waals surface area contributed by atoms with Gasteiger partial charge in [0, 0.05) is 6.20 Å². The van der Waals surface area contributed by atoms with Gasteiger partial charge in [-0.3, -0.25) is 0 Å². The Hall–Kier alpha value is -2.44. The van der Waals surface area contributed by atoms with Gasteiger partial charge in [0.15, 0.2) is 0 Å². The van der Waals surface area contributed by atoms with Crippen molar-refractivity contribution in [1.82, 2.24) is 19.7 Å². The van der Waals surface area contributed by atoms with Crippen LogP contribution in [0.5, 0.6) is 0 Å². The standard InChI is InChI=1S/C9H9N5O2/c1-16-8(15)7-4-6(2-3-11-7)14-5-12-9(10)13-14/h2-5H,1H3,(H2,10,13). The van der Waals surface area contributed by atoms with E-state index in [1.807, 2.05) is 0 Å². The first-order valence-electron chi connectivity index (χ1n) is 4.42. The van der Waals surface area contributed by atoms with Crippen LogP contribution < -0.4 is 5.73 Å². The maximum Gasteiger partial charge on any atom is 0.356 e. The van der Waals surface area contributed by atoms with Gasteiger partial charge in [-0.1, -0.05) is 0 Å². The van der Waals surface area contributed by atoms with Crippen molar-refractivity contribution in [2.45, 2.75) is 0 Å². The molecule has 0 aliphatic rings. The molecule has 0 aliphatic carbocycles. The van der Waals surface area contributed by atoms with Gasteiger partial charge in [-0.15, -0.1) is 5.10 Å². The molecule has 0 aliphatic heterocycles. The van der Waals surface area contributed by atoms with Crippen LogP contribution in [0.4, 0.5) is 5.95 Å². The Balaban J connectivity index is 2.39. The molecule has 2 heterocycles. The largest absolute Gasteiger partial charge is 0.464 e. The fourth-order valence-corrected chi connectivity index (χ4v) is 1.18. The molecule has 0 radical (unpaired) electrons. The van der Waals surface area contributed by atoms with E-state index < -0.39 is 5.97 Å². The number of rotatable bonds is 2. The third-order valence-corrected chi connectivity index (χ3v) is 1.91. The second-order valence-corrected chi connectivity index (χ2v) is 2.94. The molecule has 2 rings (SSSR count). The van der Waals surface area contributed by atoms with Crippen LogP contribution in [0, 0.1) is 0 Å². The molecule has 0 unspecified atom stereocenters. The van der Waals surface area contributed by atoms with Crippen LogP contribution in [0.2, 0.25) is 0 Å². The minimum absolute atomic E-state index is 0.163. The molecule has 0 bridgehead atoms. The molecule has 16 heavy (non-hydrogen) atoms. The molecular formula is C9H9N5O2. The Labute approximate surface area is 90.9 Å². The number of carbonyl (C=O) groups is 1. The van der Waals surface area contributed by atoms with E-state index in [-0.39, 0.29) is 11.6 Å². The highest BCUT2D eigenvalue weighted by Gasteiger charge is 2.08. The highest BCUT2D eigenvalue weighted by Crippen LogP contribution is 2.08. The smallest absolute Gasteiger partial charge is 0.356 e. The molecule has 7 heteroatoms. The zero-order valence-corrected chi connectivity index (χ0v) is 8.49. The molecule has 0 saturated heterocycles. The van der Waals surface area contributed by atoms with Crippen molar-refractivity contribution in [2.24, 2.45) is 0 Å². The number of nitrogen functional groups attached to an aromatic ring is 1. The molecule has 0 spiro atoms. The molecular weight excluding hydrogens is 210 g/mol.